The van der Waals surface area contributed by atoms with Crippen molar-refractivity contribution in [3.63, 3.8) is 0 Å². The zero-order chi connectivity index (χ0) is 17.6. The Kier molecular flexibility index (Phi) is 6.15. The van der Waals surface area contributed by atoms with Crippen molar-refractivity contribution < 1.29 is 4.79 Å². The highest BCUT2D eigenvalue weighted by molar-refractivity contribution is 7.99. The fourth-order valence-electron chi connectivity index (χ4n) is 2.86. The first-order valence-corrected chi connectivity index (χ1v) is 9.80. The van der Waals surface area contributed by atoms with Gasteiger partial charge in [0.2, 0.25) is 5.91 Å². The number of nitrogens with one attached hydrogen (secondary N) is 1. The van der Waals surface area contributed by atoms with Crippen LogP contribution in [0.15, 0.2) is 35.2 Å². The zero-order valence-electron chi connectivity index (χ0n) is 15.0. The second-order valence-corrected chi connectivity index (χ2v) is 7.67. The number of aromatic nitrogens is 2. The van der Waals surface area contributed by atoms with Crippen LogP contribution in [0.3, 0.4) is 0 Å². The molecule has 6 heteroatoms. The van der Waals surface area contributed by atoms with Crippen molar-refractivity contribution in [3.05, 3.63) is 47.3 Å². The third-order valence-corrected chi connectivity index (χ3v) is 5.45. The highest BCUT2D eigenvalue weighted by Crippen LogP contribution is 2.18. The van der Waals surface area contributed by atoms with Crippen molar-refractivity contribution in [2.24, 2.45) is 0 Å². The zero-order valence-corrected chi connectivity index (χ0v) is 15.8. The normalized spacial score (nSPS) is 13.5. The van der Waals surface area contributed by atoms with Crippen molar-refractivity contribution in [1.82, 2.24) is 20.0 Å². The molecular formula is C19H26N4OS. The van der Waals surface area contributed by atoms with E-state index in [0.717, 1.165) is 37.6 Å². The summed E-state index contributed by atoms with van der Waals surface area (Å²) in [5.41, 5.74) is 3.51. The molecule has 25 heavy (non-hydrogen) atoms. The molecular weight excluding hydrogens is 332 g/mol. The standard InChI is InChI=1S/C19H26N4OS/c1-15-3-6-18(7-4-15)25-12-11-22(2)19(24)8-5-16-13-17-14-20-9-10-23(17)21-16/h3-4,6-7,13,20H,5,8-12,14H2,1-2H3. The summed E-state index contributed by atoms with van der Waals surface area (Å²) < 4.78 is 2.05. The first-order chi connectivity index (χ1) is 12.1. The van der Waals surface area contributed by atoms with Crippen molar-refractivity contribution in [2.75, 3.05) is 25.9 Å². The summed E-state index contributed by atoms with van der Waals surface area (Å²) in [6.45, 7) is 5.61. The van der Waals surface area contributed by atoms with Gasteiger partial charge < -0.3 is 10.2 Å². The van der Waals surface area contributed by atoms with E-state index in [1.165, 1.54) is 16.2 Å². The fourth-order valence-corrected chi connectivity index (χ4v) is 3.79. The van der Waals surface area contributed by atoms with E-state index in [1.54, 1.807) is 11.8 Å². The van der Waals surface area contributed by atoms with E-state index in [-0.39, 0.29) is 5.91 Å². The maximum Gasteiger partial charge on any atom is 0.222 e. The third kappa shape index (κ3) is 5.09. The Hall–Kier alpha value is -1.79. The summed E-state index contributed by atoms with van der Waals surface area (Å²) in [5.74, 6) is 1.10. The highest BCUT2D eigenvalue weighted by atomic mass is 32.2. The van der Waals surface area contributed by atoms with E-state index in [4.69, 9.17) is 0 Å². The quantitative estimate of drug-likeness (QED) is 0.773. The number of hydrogen-bond acceptors (Lipinski definition) is 4. The van der Waals surface area contributed by atoms with Gasteiger partial charge in [-0.1, -0.05) is 17.7 Å². The lowest BCUT2D eigenvalue weighted by Gasteiger charge is -2.16. The predicted molar refractivity (Wildman–Crippen MR) is 102 cm³/mol. The second kappa shape index (κ2) is 8.54. The molecule has 1 N–H and O–H groups in total. The summed E-state index contributed by atoms with van der Waals surface area (Å²) in [4.78, 5) is 15.4. The Morgan fingerprint density at radius 3 is 2.92 bits per heavy atom. The first-order valence-electron chi connectivity index (χ1n) is 8.81. The minimum Gasteiger partial charge on any atom is -0.345 e. The maximum atomic E-state index is 12.3. The van der Waals surface area contributed by atoms with Gasteiger partial charge in [0, 0.05) is 50.2 Å². The number of benzene rings is 1. The monoisotopic (exact) mass is 358 g/mol. The van der Waals surface area contributed by atoms with Gasteiger partial charge in [-0.05, 0) is 25.1 Å². The van der Waals surface area contributed by atoms with Crippen LogP contribution < -0.4 is 5.32 Å². The summed E-state index contributed by atoms with van der Waals surface area (Å²) in [6, 6.07) is 10.6. The molecule has 0 saturated carbocycles. The maximum absolute atomic E-state index is 12.3. The molecule has 3 rings (SSSR count). The predicted octanol–water partition coefficient (Wildman–Crippen LogP) is 2.48. The molecule has 1 aromatic carbocycles. The van der Waals surface area contributed by atoms with Crippen molar-refractivity contribution in [1.29, 1.82) is 0 Å². The molecule has 1 aromatic heterocycles. The number of rotatable bonds is 7. The van der Waals surface area contributed by atoms with Crippen LogP contribution in [0.1, 0.15) is 23.4 Å². The molecule has 0 bridgehead atoms. The lowest BCUT2D eigenvalue weighted by atomic mass is 10.2. The summed E-state index contributed by atoms with van der Waals surface area (Å²) in [5, 5.41) is 7.93. The molecule has 5 nitrogen and oxygen atoms in total. The molecule has 0 unspecified atom stereocenters. The van der Waals surface area contributed by atoms with E-state index in [1.807, 2.05) is 11.9 Å². The van der Waals surface area contributed by atoms with Gasteiger partial charge in [-0.25, -0.2) is 0 Å². The van der Waals surface area contributed by atoms with Crippen LogP contribution in [-0.2, 0) is 24.3 Å². The Morgan fingerprint density at radius 1 is 1.36 bits per heavy atom. The summed E-state index contributed by atoms with van der Waals surface area (Å²) in [7, 11) is 1.89. The molecule has 0 fully saturated rings. The fraction of sp³-hybridized carbons (Fsp3) is 0.474. The molecule has 2 aromatic rings. The topological polar surface area (TPSA) is 50.2 Å². The average Bonchev–Trinajstić information content (AvgIpc) is 3.04. The van der Waals surface area contributed by atoms with Gasteiger partial charge in [-0.15, -0.1) is 11.8 Å². The van der Waals surface area contributed by atoms with Gasteiger partial charge in [0.15, 0.2) is 0 Å². The van der Waals surface area contributed by atoms with Crippen molar-refractivity contribution in [2.45, 2.75) is 37.8 Å². The molecule has 1 aliphatic rings. The van der Waals surface area contributed by atoms with Crippen LogP contribution >= 0.6 is 11.8 Å². The van der Waals surface area contributed by atoms with E-state index in [0.29, 0.717) is 12.8 Å². The molecule has 1 amide bonds. The third-order valence-electron chi connectivity index (χ3n) is 4.46. The smallest absolute Gasteiger partial charge is 0.222 e. The number of thioether (sulfide) groups is 1. The van der Waals surface area contributed by atoms with Gasteiger partial charge in [0.05, 0.1) is 17.9 Å². The molecule has 0 aliphatic carbocycles. The van der Waals surface area contributed by atoms with Gasteiger partial charge in [-0.3, -0.25) is 9.48 Å². The molecule has 2 heterocycles. The lowest BCUT2D eigenvalue weighted by molar-refractivity contribution is -0.129. The number of aryl methyl sites for hydroxylation is 2. The average molecular weight is 359 g/mol. The number of hydrogen-bond donors (Lipinski definition) is 1. The second-order valence-electron chi connectivity index (χ2n) is 6.50. The Morgan fingerprint density at radius 2 is 2.16 bits per heavy atom. The van der Waals surface area contributed by atoms with Crippen LogP contribution in [-0.4, -0.2) is 46.5 Å². The Bertz CT molecular complexity index is 687. The van der Waals surface area contributed by atoms with Crippen LogP contribution in [0.4, 0.5) is 0 Å². The summed E-state index contributed by atoms with van der Waals surface area (Å²) in [6.07, 6.45) is 1.24. The van der Waals surface area contributed by atoms with Crippen molar-refractivity contribution >= 4 is 17.7 Å². The number of fused-ring (bicyclic) bond motifs is 1. The van der Waals surface area contributed by atoms with Crippen LogP contribution in [0.25, 0.3) is 0 Å². The Labute approximate surface area is 153 Å². The van der Waals surface area contributed by atoms with Gasteiger partial charge in [0.25, 0.3) is 0 Å². The highest BCUT2D eigenvalue weighted by Gasteiger charge is 2.14. The van der Waals surface area contributed by atoms with Crippen LogP contribution in [0, 0.1) is 6.92 Å². The van der Waals surface area contributed by atoms with Gasteiger partial charge >= 0.3 is 0 Å². The summed E-state index contributed by atoms with van der Waals surface area (Å²) >= 11 is 1.79. The van der Waals surface area contributed by atoms with E-state index < -0.39 is 0 Å². The van der Waals surface area contributed by atoms with Crippen LogP contribution in [0.5, 0.6) is 0 Å². The number of nitrogens with zero attached hydrogens (tertiary/aromatic N) is 3. The molecule has 0 saturated heterocycles. The van der Waals surface area contributed by atoms with Gasteiger partial charge in [0.1, 0.15) is 0 Å². The SMILES string of the molecule is Cc1ccc(SCCN(C)C(=O)CCc2cc3n(n2)CCNC3)cc1. The molecule has 0 radical (unpaired) electrons. The Balaban J connectivity index is 1.40. The largest absolute Gasteiger partial charge is 0.345 e. The van der Waals surface area contributed by atoms with E-state index in [9.17, 15) is 4.79 Å². The van der Waals surface area contributed by atoms with Crippen LogP contribution in [0.2, 0.25) is 0 Å². The molecule has 1 aliphatic heterocycles. The lowest BCUT2D eigenvalue weighted by Crippen LogP contribution is -2.29. The first kappa shape index (κ1) is 18.0. The minimum absolute atomic E-state index is 0.189. The van der Waals surface area contributed by atoms with E-state index >= 15 is 0 Å². The number of carbonyl (C=O) groups is 1. The van der Waals surface area contributed by atoms with E-state index in [2.05, 4.69) is 52.4 Å². The molecule has 0 atom stereocenters. The van der Waals surface area contributed by atoms with Gasteiger partial charge in [-0.2, -0.15) is 5.10 Å². The van der Waals surface area contributed by atoms with Crippen molar-refractivity contribution in [3.8, 4) is 0 Å². The number of carbonyl (C=O) groups excluding carboxylic acids is 1. The minimum atomic E-state index is 0.189. The molecule has 0 spiro atoms. The molecule has 134 valence electrons. The number of amides is 1.